The Morgan fingerprint density at radius 1 is 1.06 bits per heavy atom. The molecule has 0 unspecified atom stereocenters. The first-order chi connectivity index (χ1) is 15.7. The van der Waals surface area contributed by atoms with Gasteiger partial charge in [-0.1, -0.05) is 36.6 Å². The van der Waals surface area contributed by atoms with Crippen LogP contribution in [-0.2, 0) is 19.6 Å². The quantitative estimate of drug-likeness (QED) is 0.513. The predicted molar refractivity (Wildman–Crippen MR) is 123 cm³/mol. The maximum Gasteiger partial charge on any atom is 0.325 e. The third-order valence-corrected chi connectivity index (χ3v) is 7.38. The number of hydrogen-bond donors (Lipinski definition) is 3. The number of sulfonamides is 1. The number of hydrogen-bond acceptors (Lipinski definition) is 5. The number of imide groups is 1. The molecule has 1 aliphatic heterocycles. The molecule has 4 amide bonds. The van der Waals surface area contributed by atoms with Crippen LogP contribution < -0.4 is 15.4 Å². The first-order valence-corrected chi connectivity index (χ1v) is 12.4. The van der Waals surface area contributed by atoms with Gasteiger partial charge in [0, 0.05) is 23.7 Å². The lowest BCUT2D eigenvalue weighted by Gasteiger charge is -2.19. The molecular weight excluding hydrogens is 468 g/mol. The molecule has 3 N–H and O–H groups in total. The third kappa shape index (κ3) is 4.96. The summed E-state index contributed by atoms with van der Waals surface area (Å²) >= 11 is 5.90. The lowest BCUT2D eigenvalue weighted by atomic mass is 9.98. The van der Waals surface area contributed by atoms with Gasteiger partial charge in [0.1, 0.15) is 5.54 Å². The number of rotatable bonds is 7. The fourth-order valence-electron chi connectivity index (χ4n) is 4.14. The minimum atomic E-state index is -3.91. The summed E-state index contributed by atoms with van der Waals surface area (Å²) in [6.07, 6.45) is 2.89. The van der Waals surface area contributed by atoms with E-state index in [4.69, 9.17) is 11.6 Å². The maximum absolute atomic E-state index is 12.7. The van der Waals surface area contributed by atoms with E-state index in [1.165, 1.54) is 24.3 Å². The highest BCUT2D eigenvalue weighted by Crippen LogP contribution is 2.35. The summed E-state index contributed by atoms with van der Waals surface area (Å²) in [4.78, 5) is 38.4. The Kier molecular flexibility index (Phi) is 6.31. The molecule has 2 fully saturated rings. The molecule has 2 aromatic rings. The summed E-state index contributed by atoms with van der Waals surface area (Å²) < 4.78 is 27.8. The number of halogens is 1. The van der Waals surface area contributed by atoms with Crippen LogP contribution in [0.4, 0.5) is 16.2 Å². The number of amides is 4. The van der Waals surface area contributed by atoms with Crippen molar-refractivity contribution >= 4 is 50.8 Å². The molecular formula is C22H23ClN4O5S. The Labute approximate surface area is 196 Å². The van der Waals surface area contributed by atoms with Crippen LogP contribution in [0.1, 0.15) is 32.1 Å². The van der Waals surface area contributed by atoms with Crippen LogP contribution in [0.15, 0.2) is 53.4 Å². The molecule has 1 saturated heterocycles. The topological polar surface area (TPSA) is 125 Å². The van der Waals surface area contributed by atoms with Gasteiger partial charge in [0.05, 0.1) is 10.6 Å². The third-order valence-electron chi connectivity index (χ3n) is 5.77. The summed E-state index contributed by atoms with van der Waals surface area (Å²) in [5.41, 5.74) is -0.226. The molecule has 0 atom stereocenters. The van der Waals surface area contributed by atoms with Crippen molar-refractivity contribution in [1.82, 2.24) is 10.2 Å². The normalized spacial score (nSPS) is 17.3. The molecule has 1 spiro atoms. The van der Waals surface area contributed by atoms with E-state index in [9.17, 15) is 22.8 Å². The van der Waals surface area contributed by atoms with E-state index < -0.39 is 27.5 Å². The average Bonchev–Trinajstić information content (AvgIpc) is 3.31. The predicted octanol–water partition coefficient (Wildman–Crippen LogP) is 3.33. The van der Waals surface area contributed by atoms with Gasteiger partial charge in [0.2, 0.25) is 5.91 Å². The minimum absolute atomic E-state index is 0.0439. The van der Waals surface area contributed by atoms with Gasteiger partial charge in [-0.2, -0.15) is 0 Å². The van der Waals surface area contributed by atoms with Gasteiger partial charge in [-0.05, 0) is 49.2 Å². The number of nitrogens with one attached hydrogen (secondary N) is 3. The van der Waals surface area contributed by atoms with Gasteiger partial charge in [-0.25, -0.2) is 13.2 Å². The van der Waals surface area contributed by atoms with Crippen LogP contribution in [0.5, 0.6) is 0 Å². The molecule has 0 radical (unpaired) electrons. The lowest BCUT2D eigenvalue weighted by Crippen LogP contribution is -2.44. The fourth-order valence-corrected chi connectivity index (χ4v) is 5.43. The van der Waals surface area contributed by atoms with Gasteiger partial charge in [0.15, 0.2) is 0 Å². The second-order valence-electron chi connectivity index (χ2n) is 8.12. The van der Waals surface area contributed by atoms with E-state index in [1.54, 1.807) is 24.3 Å². The van der Waals surface area contributed by atoms with Crippen molar-refractivity contribution in [3.05, 3.63) is 53.6 Å². The second kappa shape index (κ2) is 9.03. The van der Waals surface area contributed by atoms with Crippen molar-refractivity contribution in [2.45, 2.75) is 42.5 Å². The van der Waals surface area contributed by atoms with E-state index in [1.807, 2.05) is 0 Å². The van der Waals surface area contributed by atoms with Crippen molar-refractivity contribution < 1.29 is 22.8 Å². The SMILES string of the molecule is O=C(CCN1C(=O)NC2(CCCC2)C1=O)Nc1cccc(S(=O)(=O)Nc2cccc(Cl)c2)c1. The summed E-state index contributed by atoms with van der Waals surface area (Å²) in [7, 11) is -3.91. The zero-order valence-electron chi connectivity index (χ0n) is 17.6. The largest absolute Gasteiger partial charge is 0.326 e. The Morgan fingerprint density at radius 2 is 1.76 bits per heavy atom. The first kappa shape index (κ1) is 23.1. The smallest absolute Gasteiger partial charge is 0.325 e. The van der Waals surface area contributed by atoms with E-state index >= 15 is 0 Å². The lowest BCUT2D eigenvalue weighted by molar-refractivity contribution is -0.131. The minimum Gasteiger partial charge on any atom is -0.326 e. The van der Waals surface area contributed by atoms with Crippen LogP contribution in [0.25, 0.3) is 0 Å². The molecule has 11 heteroatoms. The van der Waals surface area contributed by atoms with Gasteiger partial charge >= 0.3 is 6.03 Å². The number of benzene rings is 2. The second-order valence-corrected chi connectivity index (χ2v) is 10.2. The van der Waals surface area contributed by atoms with Crippen LogP contribution in [0.3, 0.4) is 0 Å². The zero-order chi connectivity index (χ0) is 23.6. The van der Waals surface area contributed by atoms with E-state index in [0.717, 1.165) is 17.7 Å². The molecule has 1 aliphatic carbocycles. The van der Waals surface area contributed by atoms with E-state index in [0.29, 0.717) is 23.6 Å². The van der Waals surface area contributed by atoms with Crippen LogP contribution in [-0.4, -0.2) is 43.2 Å². The molecule has 2 aliphatic rings. The Morgan fingerprint density at radius 3 is 2.48 bits per heavy atom. The van der Waals surface area contributed by atoms with Crippen molar-refractivity contribution in [3.63, 3.8) is 0 Å². The van der Waals surface area contributed by atoms with Crippen LogP contribution >= 0.6 is 11.6 Å². The molecule has 33 heavy (non-hydrogen) atoms. The summed E-state index contributed by atoms with van der Waals surface area (Å²) in [6, 6.07) is 11.6. The first-order valence-electron chi connectivity index (χ1n) is 10.5. The number of urea groups is 1. The highest BCUT2D eigenvalue weighted by atomic mass is 35.5. The highest BCUT2D eigenvalue weighted by molar-refractivity contribution is 7.92. The zero-order valence-corrected chi connectivity index (χ0v) is 19.2. The summed E-state index contributed by atoms with van der Waals surface area (Å²) in [6.45, 7) is -0.0490. The van der Waals surface area contributed by atoms with Crippen molar-refractivity contribution in [2.24, 2.45) is 0 Å². The van der Waals surface area contributed by atoms with Gasteiger partial charge in [0.25, 0.3) is 15.9 Å². The standard InChI is InChI=1S/C22H23ClN4O5S/c23-15-5-3-7-17(13-15)26-33(31,32)18-8-4-6-16(14-18)24-19(28)9-12-27-20(29)22(25-21(27)30)10-1-2-11-22/h3-8,13-14,26H,1-2,9-12H2,(H,24,28)(H,25,30). The summed E-state index contributed by atoms with van der Waals surface area (Å²) in [5.74, 6) is -0.724. The number of anilines is 2. The van der Waals surface area contributed by atoms with Crippen molar-refractivity contribution in [3.8, 4) is 0 Å². The number of nitrogens with zero attached hydrogens (tertiary/aromatic N) is 1. The molecule has 0 aromatic heterocycles. The van der Waals surface area contributed by atoms with Crippen LogP contribution in [0, 0.1) is 0 Å². The fraction of sp³-hybridized carbons (Fsp3) is 0.318. The van der Waals surface area contributed by atoms with E-state index in [-0.39, 0.29) is 29.5 Å². The molecule has 9 nitrogen and oxygen atoms in total. The molecule has 2 aromatic carbocycles. The molecule has 1 heterocycles. The Balaban J connectivity index is 1.37. The van der Waals surface area contributed by atoms with E-state index in [2.05, 4.69) is 15.4 Å². The molecule has 0 bridgehead atoms. The highest BCUT2D eigenvalue weighted by Gasteiger charge is 2.52. The Hall–Kier alpha value is -3.11. The van der Waals surface area contributed by atoms with Gasteiger partial charge in [-0.3, -0.25) is 19.2 Å². The summed E-state index contributed by atoms with van der Waals surface area (Å²) in [5, 5.41) is 5.78. The molecule has 4 rings (SSSR count). The van der Waals surface area contributed by atoms with Crippen LogP contribution in [0.2, 0.25) is 5.02 Å². The Bertz CT molecular complexity index is 1210. The number of carbonyl (C=O) groups is 3. The van der Waals surface area contributed by atoms with Crippen molar-refractivity contribution in [2.75, 3.05) is 16.6 Å². The molecule has 174 valence electrons. The number of carbonyl (C=O) groups excluding carboxylic acids is 3. The van der Waals surface area contributed by atoms with Crippen molar-refractivity contribution in [1.29, 1.82) is 0 Å². The van der Waals surface area contributed by atoms with Gasteiger partial charge in [-0.15, -0.1) is 0 Å². The maximum atomic E-state index is 12.7. The molecule has 1 saturated carbocycles. The van der Waals surface area contributed by atoms with Gasteiger partial charge < -0.3 is 10.6 Å². The monoisotopic (exact) mass is 490 g/mol. The average molecular weight is 491 g/mol.